The molecule has 0 radical (unpaired) electrons. The number of alkyl halides is 1. The second kappa shape index (κ2) is 4.47. The fourth-order valence-corrected chi connectivity index (χ4v) is 3.40. The lowest BCUT2D eigenvalue weighted by Crippen LogP contribution is -2.30. The molecule has 0 bridgehead atoms. The van der Waals surface area contributed by atoms with E-state index in [1.165, 1.54) is 0 Å². The van der Waals surface area contributed by atoms with Crippen LogP contribution in [0.4, 0.5) is 0 Å². The molecule has 1 aliphatic rings. The van der Waals surface area contributed by atoms with Gasteiger partial charge in [-0.25, -0.2) is 13.1 Å². The minimum absolute atomic E-state index is 0.155. The zero-order valence-electron chi connectivity index (χ0n) is 8.82. The van der Waals surface area contributed by atoms with Gasteiger partial charge in [0.2, 0.25) is 10.0 Å². The molecular weight excluding hydrogens is 290 g/mol. The molecule has 1 aromatic carbocycles. The summed E-state index contributed by atoms with van der Waals surface area (Å²) in [5, 5.41) is 0.858. The van der Waals surface area contributed by atoms with Crippen LogP contribution >= 0.6 is 15.9 Å². The number of rotatable bonds is 5. The molecule has 0 amide bonds. The average Bonchev–Trinajstić information content (AvgIpc) is 3.09. The predicted molar refractivity (Wildman–Crippen MR) is 67.1 cm³/mol. The lowest BCUT2D eigenvalue weighted by atomic mass is 10.1. The first kappa shape index (κ1) is 12.1. The van der Waals surface area contributed by atoms with Crippen molar-refractivity contribution in [2.24, 2.45) is 5.41 Å². The van der Waals surface area contributed by atoms with Gasteiger partial charge in [-0.1, -0.05) is 34.1 Å². The Morgan fingerprint density at radius 2 is 1.88 bits per heavy atom. The summed E-state index contributed by atoms with van der Waals surface area (Å²) in [4.78, 5) is 0.334. The molecule has 2 rings (SSSR count). The average molecular weight is 304 g/mol. The Bertz CT molecular complexity index is 454. The number of nitrogens with one attached hydrogen (secondary N) is 1. The predicted octanol–water partition coefficient (Wildman–Crippen LogP) is 2.14. The summed E-state index contributed by atoms with van der Waals surface area (Å²) in [5.74, 6) is 0. The number of sulfonamides is 1. The maximum Gasteiger partial charge on any atom is 0.240 e. The molecule has 1 aliphatic carbocycles. The molecule has 0 saturated heterocycles. The van der Waals surface area contributed by atoms with Gasteiger partial charge in [-0.3, -0.25) is 0 Å². The van der Waals surface area contributed by atoms with Crippen molar-refractivity contribution in [2.45, 2.75) is 17.7 Å². The minimum Gasteiger partial charge on any atom is -0.211 e. The number of hydrogen-bond acceptors (Lipinski definition) is 2. The third-order valence-electron chi connectivity index (χ3n) is 2.93. The van der Waals surface area contributed by atoms with Crippen molar-refractivity contribution in [1.29, 1.82) is 0 Å². The third-order valence-corrected chi connectivity index (χ3v) is 5.54. The van der Waals surface area contributed by atoms with E-state index in [1.54, 1.807) is 30.3 Å². The van der Waals surface area contributed by atoms with Crippen molar-refractivity contribution >= 4 is 26.0 Å². The van der Waals surface area contributed by atoms with E-state index < -0.39 is 10.0 Å². The highest BCUT2D eigenvalue weighted by atomic mass is 79.9. The van der Waals surface area contributed by atoms with Gasteiger partial charge >= 0.3 is 0 Å². The second-order valence-electron chi connectivity index (χ2n) is 4.27. The molecular formula is C11H14BrNO2S. The van der Waals surface area contributed by atoms with Gasteiger partial charge in [-0.15, -0.1) is 0 Å². The normalized spacial score (nSPS) is 18.3. The molecule has 88 valence electrons. The van der Waals surface area contributed by atoms with Crippen molar-refractivity contribution in [3.05, 3.63) is 30.3 Å². The van der Waals surface area contributed by atoms with Crippen molar-refractivity contribution in [2.75, 3.05) is 11.9 Å². The van der Waals surface area contributed by atoms with Crippen molar-refractivity contribution < 1.29 is 8.42 Å². The van der Waals surface area contributed by atoms with Crippen LogP contribution in [0, 0.1) is 5.41 Å². The van der Waals surface area contributed by atoms with E-state index in [0.717, 1.165) is 18.2 Å². The van der Waals surface area contributed by atoms with Crippen LogP contribution in [0.25, 0.3) is 0 Å². The smallest absolute Gasteiger partial charge is 0.211 e. The number of hydrogen-bond donors (Lipinski definition) is 1. The number of benzene rings is 1. The van der Waals surface area contributed by atoms with Crippen LogP contribution in [0.1, 0.15) is 12.8 Å². The van der Waals surface area contributed by atoms with Gasteiger partial charge < -0.3 is 0 Å². The topological polar surface area (TPSA) is 46.2 Å². The van der Waals surface area contributed by atoms with E-state index >= 15 is 0 Å². The summed E-state index contributed by atoms with van der Waals surface area (Å²) >= 11 is 3.42. The highest BCUT2D eigenvalue weighted by Gasteiger charge is 2.42. The van der Waals surface area contributed by atoms with E-state index in [-0.39, 0.29) is 5.41 Å². The van der Waals surface area contributed by atoms with Crippen LogP contribution in [0.5, 0.6) is 0 Å². The fraction of sp³-hybridized carbons (Fsp3) is 0.455. The lowest BCUT2D eigenvalue weighted by Gasteiger charge is -2.12. The Morgan fingerprint density at radius 3 is 2.38 bits per heavy atom. The van der Waals surface area contributed by atoms with Crippen LogP contribution in [0.15, 0.2) is 35.2 Å². The molecule has 16 heavy (non-hydrogen) atoms. The molecule has 1 fully saturated rings. The first-order valence-corrected chi connectivity index (χ1v) is 7.79. The number of halogens is 1. The maximum absolute atomic E-state index is 11.9. The van der Waals surface area contributed by atoms with Gasteiger partial charge in [-0.2, -0.15) is 0 Å². The monoisotopic (exact) mass is 303 g/mol. The largest absolute Gasteiger partial charge is 0.240 e. The highest BCUT2D eigenvalue weighted by molar-refractivity contribution is 9.09. The van der Waals surface area contributed by atoms with Crippen molar-refractivity contribution in [3.8, 4) is 0 Å². The first-order valence-electron chi connectivity index (χ1n) is 5.19. The minimum atomic E-state index is -3.33. The van der Waals surface area contributed by atoms with Crippen LogP contribution < -0.4 is 4.72 Å². The zero-order chi connectivity index (χ0) is 11.6. The molecule has 3 nitrogen and oxygen atoms in total. The van der Waals surface area contributed by atoms with Crippen LogP contribution in [-0.2, 0) is 10.0 Å². The Labute approximate surface area is 104 Å². The molecule has 0 aliphatic heterocycles. The Hall–Kier alpha value is -0.390. The summed E-state index contributed by atoms with van der Waals surface area (Å²) in [6.45, 7) is 0.523. The Morgan fingerprint density at radius 1 is 1.25 bits per heavy atom. The molecule has 0 atom stereocenters. The summed E-state index contributed by atoms with van der Waals surface area (Å²) in [7, 11) is -3.33. The van der Waals surface area contributed by atoms with E-state index in [2.05, 4.69) is 20.7 Å². The van der Waals surface area contributed by atoms with Gasteiger partial charge in [0.05, 0.1) is 4.90 Å². The quantitative estimate of drug-likeness (QED) is 0.847. The Balaban J connectivity index is 2.04. The van der Waals surface area contributed by atoms with Gasteiger partial charge in [0.15, 0.2) is 0 Å². The summed E-state index contributed by atoms with van der Waals surface area (Å²) in [5.41, 5.74) is 0.155. The van der Waals surface area contributed by atoms with E-state index in [9.17, 15) is 8.42 Å². The molecule has 0 heterocycles. The van der Waals surface area contributed by atoms with Gasteiger partial charge in [0.25, 0.3) is 0 Å². The molecule has 1 N–H and O–H groups in total. The van der Waals surface area contributed by atoms with Gasteiger partial charge in [-0.05, 0) is 30.4 Å². The first-order chi connectivity index (χ1) is 7.58. The molecule has 0 spiro atoms. The van der Waals surface area contributed by atoms with E-state index in [1.807, 2.05) is 0 Å². The molecule has 1 saturated carbocycles. The maximum atomic E-state index is 11.9. The molecule has 1 aromatic rings. The second-order valence-corrected chi connectivity index (χ2v) is 6.60. The van der Waals surface area contributed by atoms with E-state index in [4.69, 9.17) is 0 Å². The molecule has 0 aromatic heterocycles. The van der Waals surface area contributed by atoms with Gasteiger partial charge in [0, 0.05) is 11.9 Å². The summed E-state index contributed by atoms with van der Waals surface area (Å²) in [6, 6.07) is 8.48. The highest BCUT2D eigenvalue weighted by Crippen LogP contribution is 2.46. The van der Waals surface area contributed by atoms with Crippen molar-refractivity contribution in [3.63, 3.8) is 0 Å². The summed E-state index contributed by atoms with van der Waals surface area (Å²) in [6.07, 6.45) is 2.19. The Kier molecular flexibility index (Phi) is 3.37. The van der Waals surface area contributed by atoms with E-state index in [0.29, 0.717) is 11.4 Å². The molecule has 5 heteroatoms. The standard InChI is InChI=1S/C11H14BrNO2S/c12-8-11(6-7-11)9-13-16(14,15)10-4-2-1-3-5-10/h1-5,13H,6-9H2. The van der Waals surface area contributed by atoms with Crippen LogP contribution in [0.3, 0.4) is 0 Å². The summed E-state index contributed by atoms with van der Waals surface area (Å²) < 4.78 is 26.5. The zero-order valence-corrected chi connectivity index (χ0v) is 11.2. The fourth-order valence-electron chi connectivity index (χ4n) is 1.47. The third kappa shape index (κ3) is 2.64. The van der Waals surface area contributed by atoms with Crippen LogP contribution in [-0.4, -0.2) is 20.3 Å². The van der Waals surface area contributed by atoms with Crippen LogP contribution in [0.2, 0.25) is 0 Å². The van der Waals surface area contributed by atoms with Gasteiger partial charge in [0.1, 0.15) is 0 Å². The molecule has 0 unspecified atom stereocenters. The van der Waals surface area contributed by atoms with Crippen molar-refractivity contribution in [1.82, 2.24) is 4.72 Å². The lowest BCUT2D eigenvalue weighted by molar-refractivity contribution is 0.538. The SMILES string of the molecule is O=S(=O)(NCC1(CBr)CC1)c1ccccc1.